The number of amides is 2. The molecule has 17 heavy (non-hydrogen) atoms. The zero-order valence-corrected chi connectivity index (χ0v) is 10.8. The third-order valence-electron chi connectivity index (χ3n) is 1.77. The number of aromatic amines is 1. The van der Waals surface area contributed by atoms with E-state index in [4.69, 9.17) is 11.5 Å². The number of nitrogens with two attached hydrogens (primary N) is 2. The fourth-order valence-electron chi connectivity index (χ4n) is 1.18. The van der Waals surface area contributed by atoms with Crippen molar-refractivity contribution in [3.8, 4) is 0 Å². The van der Waals surface area contributed by atoms with Crippen molar-refractivity contribution >= 4 is 40.2 Å². The number of halogens is 1. The first-order valence-electron chi connectivity index (χ1n) is 4.46. The van der Waals surface area contributed by atoms with Crippen molar-refractivity contribution in [2.75, 3.05) is 18.0 Å². The molecule has 0 radical (unpaired) electrons. The predicted octanol–water partition coefficient (Wildman–Crippen LogP) is -1.85. The van der Waals surface area contributed by atoms with Crippen LogP contribution in [-0.2, 0) is 9.59 Å². The van der Waals surface area contributed by atoms with Crippen LogP contribution in [0.1, 0.15) is 0 Å². The van der Waals surface area contributed by atoms with Crippen molar-refractivity contribution in [2.45, 2.75) is 0 Å². The maximum absolute atomic E-state index is 11.4. The second-order valence-electron chi connectivity index (χ2n) is 3.16. The van der Waals surface area contributed by atoms with Gasteiger partial charge in [0.1, 0.15) is 9.39 Å². The van der Waals surface area contributed by atoms with E-state index in [0.29, 0.717) is 0 Å². The van der Waals surface area contributed by atoms with Crippen molar-refractivity contribution in [3.63, 3.8) is 0 Å². The molecule has 0 saturated heterocycles. The molecule has 8 nitrogen and oxygen atoms in total. The molecule has 0 fully saturated rings. The van der Waals surface area contributed by atoms with Crippen LogP contribution >= 0.6 is 22.6 Å². The van der Waals surface area contributed by atoms with Gasteiger partial charge in [0.2, 0.25) is 11.8 Å². The Morgan fingerprint density at radius 3 is 2.35 bits per heavy atom. The molecule has 1 heterocycles. The topological polar surface area (TPSA) is 135 Å². The van der Waals surface area contributed by atoms with E-state index in [2.05, 4.69) is 9.97 Å². The summed E-state index contributed by atoms with van der Waals surface area (Å²) < 4.78 is 0.257. The zero-order valence-electron chi connectivity index (χ0n) is 8.64. The van der Waals surface area contributed by atoms with Crippen LogP contribution in [0.4, 0.5) is 5.82 Å². The maximum atomic E-state index is 11.4. The number of hydrogen-bond donors (Lipinski definition) is 3. The van der Waals surface area contributed by atoms with E-state index in [1.807, 2.05) is 0 Å². The maximum Gasteiger partial charge on any atom is 0.266 e. The van der Waals surface area contributed by atoms with Crippen molar-refractivity contribution in [2.24, 2.45) is 11.5 Å². The Balaban J connectivity index is 3.11. The lowest BCUT2D eigenvalue weighted by Gasteiger charge is -2.20. The Morgan fingerprint density at radius 2 is 1.88 bits per heavy atom. The molecule has 0 aliphatic carbocycles. The molecule has 0 bridgehead atoms. The number of rotatable bonds is 5. The molecule has 0 aromatic carbocycles. The third-order valence-corrected chi connectivity index (χ3v) is 2.74. The minimum Gasteiger partial charge on any atom is -0.368 e. The van der Waals surface area contributed by atoms with Crippen LogP contribution in [0.2, 0.25) is 0 Å². The Kier molecular flexibility index (Phi) is 4.43. The molecule has 5 N–H and O–H groups in total. The summed E-state index contributed by atoms with van der Waals surface area (Å²) >= 11 is 1.76. The summed E-state index contributed by atoms with van der Waals surface area (Å²) in [7, 11) is 0. The molecular weight excluding hydrogens is 341 g/mol. The standard InChI is InChI=1S/C8H10IN5O3/c9-6-7(12-3-13-8(6)17)14(1-4(10)15)2-5(11)16/h3H,1-2H2,(H2,10,15)(H2,11,16)(H,12,13,17). The lowest BCUT2D eigenvalue weighted by molar-refractivity contribution is -0.117. The number of H-pyrrole nitrogens is 1. The van der Waals surface area contributed by atoms with Gasteiger partial charge < -0.3 is 21.4 Å². The number of anilines is 1. The minimum atomic E-state index is -0.649. The van der Waals surface area contributed by atoms with E-state index in [-0.39, 0.29) is 28.0 Å². The monoisotopic (exact) mass is 351 g/mol. The largest absolute Gasteiger partial charge is 0.368 e. The van der Waals surface area contributed by atoms with Crippen LogP contribution in [-0.4, -0.2) is 34.9 Å². The SMILES string of the molecule is NC(=O)CN(CC(N)=O)c1nc[nH]c(=O)c1I. The van der Waals surface area contributed by atoms with E-state index < -0.39 is 11.8 Å². The van der Waals surface area contributed by atoms with Crippen molar-refractivity contribution < 1.29 is 9.59 Å². The average molecular weight is 351 g/mol. The van der Waals surface area contributed by atoms with Crippen molar-refractivity contribution in [1.82, 2.24) is 9.97 Å². The number of carbonyl (C=O) groups is 2. The molecule has 0 atom stereocenters. The van der Waals surface area contributed by atoms with Gasteiger partial charge in [-0.05, 0) is 22.6 Å². The highest BCUT2D eigenvalue weighted by molar-refractivity contribution is 14.1. The number of hydrogen-bond acceptors (Lipinski definition) is 5. The van der Waals surface area contributed by atoms with Crippen LogP contribution < -0.4 is 21.9 Å². The van der Waals surface area contributed by atoms with Crippen LogP contribution in [0.5, 0.6) is 0 Å². The van der Waals surface area contributed by atoms with E-state index in [0.717, 1.165) is 0 Å². The fraction of sp³-hybridized carbons (Fsp3) is 0.250. The van der Waals surface area contributed by atoms with Crippen LogP contribution in [0.3, 0.4) is 0 Å². The first-order chi connectivity index (χ1) is 7.91. The molecule has 0 unspecified atom stereocenters. The molecule has 9 heteroatoms. The Labute approximate surface area is 110 Å². The Hall–Kier alpha value is -1.65. The van der Waals surface area contributed by atoms with Gasteiger partial charge in [-0.25, -0.2) is 4.98 Å². The predicted molar refractivity (Wildman–Crippen MR) is 68.2 cm³/mol. The summed E-state index contributed by atoms with van der Waals surface area (Å²) in [5.41, 5.74) is 9.73. The molecule has 0 spiro atoms. The van der Waals surface area contributed by atoms with E-state index in [9.17, 15) is 14.4 Å². The van der Waals surface area contributed by atoms with E-state index in [1.54, 1.807) is 22.6 Å². The quantitative estimate of drug-likeness (QED) is 0.536. The van der Waals surface area contributed by atoms with Crippen LogP contribution in [0, 0.1) is 3.57 Å². The highest BCUT2D eigenvalue weighted by atomic mass is 127. The number of nitrogens with zero attached hydrogens (tertiary/aromatic N) is 2. The lowest BCUT2D eigenvalue weighted by Crippen LogP contribution is -2.41. The molecule has 0 saturated carbocycles. The first kappa shape index (κ1) is 13.4. The molecule has 2 amide bonds. The summed E-state index contributed by atoms with van der Waals surface area (Å²) in [5, 5.41) is 0. The average Bonchev–Trinajstić information content (AvgIpc) is 2.19. The summed E-state index contributed by atoms with van der Waals surface area (Å²) in [6.07, 6.45) is 1.18. The molecule has 0 aliphatic rings. The van der Waals surface area contributed by atoms with Crippen molar-refractivity contribution in [1.29, 1.82) is 0 Å². The summed E-state index contributed by atoms with van der Waals surface area (Å²) in [6, 6.07) is 0. The summed E-state index contributed by atoms with van der Waals surface area (Å²) in [4.78, 5) is 40.6. The summed E-state index contributed by atoms with van der Waals surface area (Å²) in [5.74, 6) is -1.10. The van der Waals surface area contributed by atoms with E-state index in [1.165, 1.54) is 11.2 Å². The number of nitrogens with one attached hydrogen (secondary N) is 1. The normalized spacial score (nSPS) is 9.94. The van der Waals surface area contributed by atoms with Gasteiger partial charge in [0, 0.05) is 0 Å². The van der Waals surface area contributed by atoms with Gasteiger partial charge in [-0.3, -0.25) is 14.4 Å². The first-order valence-corrected chi connectivity index (χ1v) is 5.54. The Bertz CT molecular complexity index is 484. The summed E-state index contributed by atoms with van der Waals surface area (Å²) in [6.45, 7) is -0.481. The van der Waals surface area contributed by atoms with Gasteiger partial charge in [0.05, 0.1) is 19.4 Å². The minimum absolute atomic E-state index is 0.201. The number of primary amides is 2. The second-order valence-corrected chi connectivity index (χ2v) is 4.24. The van der Waals surface area contributed by atoms with Gasteiger partial charge in [-0.2, -0.15) is 0 Å². The van der Waals surface area contributed by atoms with Gasteiger partial charge in [0.25, 0.3) is 5.56 Å². The Morgan fingerprint density at radius 1 is 1.35 bits per heavy atom. The van der Waals surface area contributed by atoms with Crippen LogP contribution in [0.25, 0.3) is 0 Å². The van der Waals surface area contributed by atoms with Gasteiger partial charge in [-0.15, -0.1) is 0 Å². The van der Waals surface area contributed by atoms with Gasteiger partial charge >= 0.3 is 0 Å². The molecule has 0 aliphatic heterocycles. The molecule has 1 aromatic heterocycles. The highest BCUT2D eigenvalue weighted by Gasteiger charge is 2.17. The fourth-order valence-corrected chi connectivity index (χ4v) is 1.81. The highest BCUT2D eigenvalue weighted by Crippen LogP contribution is 2.14. The number of aromatic nitrogens is 2. The second kappa shape index (κ2) is 5.61. The van der Waals surface area contributed by atoms with Gasteiger partial charge in [-0.1, -0.05) is 0 Å². The molecular formula is C8H10IN5O3. The number of carbonyl (C=O) groups excluding carboxylic acids is 2. The molecule has 1 aromatic rings. The lowest BCUT2D eigenvalue weighted by atomic mass is 10.4. The van der Waals surface area contributed by atoms with Crippen molar-refractivity contribution in [3.05, 3.63) is 20.3 Å². The molecule has 92 valence electrons. The zero-order chi connectivity index (χ0) is 13.0. The van der Waals surface area contributed by atoms with E-state index >= 15 is 0 Å². The van der Waals surface area contributed by atoms with Crippen LogP contribution in [0.15, 0.2) is 11.1 Å². The third kappa shape index (κ3) is 3.69. The van der Waals surface area contributed by atoms with Gasteiger partial charge in [0.15, 0.2) is 0 Å². The molecule has 1 rings (SSSR count). The smallest absolute Gasteiger partial charge is 0.266 e.